The molecule has 4 nitrogen and oxygen atoms in total. The summed E-state index contributed by atoms with van der Waals surface area (Å²) in [7, 11) is 1.37. The Kier molecular flexibility index (Phi) is 8.39. The Morgan fingerprint density at radius 3 is 2.88 bits per heavy atom. The van der Waals surface area contributed by atoms with Crippen LogP contribution in [-0.2, 0) is 4.74 Å². The topological polar surface area (TPSA) is 50.4 Å². The third-order valence-corrected chi connectivity index (χ3v) is 5.77. The van der Waals surface area contributed by atoms with Crippen LogP contribution in [0, 0.1) is 0 Å². The number of carbonyl (C=O) groups excluding carboxylic acids is 1. The Balaban J connectivity index is 1.63. The Hall–Kier alpha value is -1.27. The van der Waals surface area contributed by atoms with E-state index in [9.17, 15) is 4.79 Å². The lowest BCUT2D eigenvalue weighted by Gasteiger charge is -2.20. The van der Waals surface area contributed by atoms with E-state index in [4.69, 9.17) is 17.0 Å². The zero-order valence-corrected chi connectivity index (χ0v) is 15.8. The first-order valence-corrected chi connectivity index (χ1v) is 9.99. The molecule has 0 heterocycles. The van der Waals surface area contributed by atoms with Crippen LogP contribution in [0.3, 0.4) is 0 Å². The number of ether oxygens (including phenoxy) is 1. The predicted octanol–water partition coefficient (Wildman–Crippen LogP) is 4.22. The van der Waals surface area contributed by atoms with Crippen molar-refractivity contribution in [3.8, 4) is 0 Å². The van der Waals surface area contributed by atoms with Gasteiger partial charge in [-0.25, -0.2) is 4.79 Å². The van der Waals surface area contributed by atoms with Crippen molar-refractivity contribution in [3.05, 3.63) is 29.8 Å². The maximum atomic E-state index is 11.5. The summed E-state index contributed by atoms with van der Waals surface area (Å²) in [6.45, 7) is 0.863. The molecule has 0 radical (unpaired) electrons. The minimum absolute atomic E-state index is 0.350. The van der Waals surface area contributed by atoms with Crippen LogP contribution in [0.25, 0.3) is 0 Å². The lowest BCUT2D eigenvalue weighted by atomic mass is 10.0. The van der Waals surface area contributed by atoms with Crippen LogP contribution in [0.4, 0.5) is 5.69 Å². The van der Waals surface area contributed by atoms with Crippen molar-refractivity contribution in [3.63, 3.8) is 0 Å². The van der Waals surface area contributed by atoms with Crippen molar-refractivity contribution < 1.29 is 9.53 Å². The molecule has 6 heteroatoms. The molecular weight excluding hydrogens is 340 g/mol. The minimum Gasteiger partial charge on any atom is -0.465 e. The van der Waals surface area contributed by atoms with Gasteiger partial charge in [0.2, 0.25) is 0 Å². The normalized spacial score (nSPS) is 14.9. The Morgan fingerprint density at radius 1 is 1.33 bits per heavy atom. The van der Waals surface area contributed by atoms with E-state index in [-0.39, 0.29) is 5.97 Å². The number of thioether (sulfide) groups is 1. The summed E-state index contributed by atoms with van der Waals surface area (Å²) in [5, 5.41) is 7.78. The number of hydrogen-bond acceptors (Lipinski definition) is 4. The van der Waals surface area contributed by atoms with Crippen molar-refractivity contribution in [1.82, 2.24) is 5.32 Å². The summed E-state index contributed by atoms with van der Waals surface area (Å²) in [6.07, 6.45) is 8.08. The fraction of sp³-hybridized carbons (Fsp3) is 0.556. The van der Waals surface area contributed by atoms with Gasteiger partial charge in [0.25, 0.3) is 0 Å². The van der Waals surface area contributed by atoms with Gasteiger partial charge in [0.1, 0.15) is 0 Å². The van der Waals surface area contributed by atoms with Gasteiger partial charge in [-0.15, -0.1) is 0 Å². The maximum absolute atomic E-state index is 11.5. The number of carbonyl (C=O) groups is 1. The summed E-state index contributed by atoms with van der Waals surface area (Å²) >= 11 is 7.41. The van der Waals surface area contributed by atoms with Gasteiger partial charge in [-0.1, -0.05) is 25.3 Å². The van der Waals surface area contributed by atoms with Gasteiger partial charge in [-0.3, -0.25) is 0 Å². The molecular formula is C18H26N2O2S2. The lowest BCUT2D eigenvalue weighted by Crippen LogP contribution is -2.29. The molecule has 0 amide bonds. The molecule has 1 saturated carbocycles. The molecule has 0 aliphatic heterocycles. The summed E-state index contributed by atoms with van der Waals surface area (Å²) < 4.78 is 4.72. The number of esters is 1. The van der Waals surface area contributed by atoms with E-state index in [1.807, 2.05) is 6.07 Å². The second kappa shape index (κ2) is 10.6. The average Bonchev–Trinajstić information content (AvgIpc) is 2.62. The second-order valence-electron chi connectivity index (χ2n) is 5.94. The first-order valence-electron chi connectivity index (χ1n) is 8.54. The van der Waals surface area contributed by atoms with Crippen molar-refractivity contribution in [2.24, 2.45) is 0 Å². The molecule has 2 rings (SSSR count). The molecule has 132 valence electrons. The molecule has 0 aromatic heterocycles. The maximum Gasteiger partial charge on any atom is 0.337 e. The lowest BCUT2D eigenvalue weighted by molar-refractivity contribution is 0.0601. The summed E-state index contributed by atoms with van der Waals surface area (Å²) in [5.74, 6) is 0.829. The highest BCUT2D eigenvalue weighted by Crippen LogP contribution is 2.28. The van der Waals surface area contributed by atoms with Crippen LogP contribution in [0.5, 0.6) is 0 Å². The molecule has 1 aliphatic rings. The fourth-order valence-corrected chi connectivity index (χ4v) is 4.30. The zero-order chi connectivity index (χ0) is 17.2. The molecule has 1 aromatic rings. The number of benzene rings is 1. The third kappa shape index (κ3) is 6.69. The van der Waals surface area contributed by atoms with E-state index in [1.54, 1.807) is 18.2 Å². The number of rotatable bonds is 7. The number of methoxy groups -OCH3 is 1. The van der Waals surface area contributed by atoms with Crippen LogP contribution in [0.2, 0.25) is 0 Å². The summed E-state index contributed by atoms with van der Waals surface area (Å²) in [5.41, 5.74) is 1.29. The molecule has 0 bridgehead atoms. The van der Waals surface area contributed by atoms with Crippen LogP contribution in [0.15, 0.2) is 24.3 Å². The fourth-order valence-electron chi connectivity index (χ4n) is 2.77. The molecule has 0 atom stereocenters. The third-order valence-electron chi connectivity index (χ3n) is 4.05. The molecule has 1 aliphatic carbocycles. The number of anilines is 1. The van der Waals surface area contributed by atoms with Crippen LogP contribution in [-0.4, -0.2) is 35.7 Å². The van der Waals surface area contributed by atoms with Gasteiger partial charge in [0.15, 0.2) is 5.11 Å². The molecule has 0 unspecified atom stereocenters. The summed E-state index contributed by atoms with van der Waals surface area (Å²) in [6, 6.07) is 7.13. The molecule has 0 spiro atoms. The van der Waals surface area contributed by atoms with E-state index >= 15 is 0 Å². The quantitative estimate of drug-likeness (QED) is 0.428. The minimum atomic E-state index is -0.350. The highest BCUT2D eigenvalue weighted by Gasteiger charge is 2.13. The van der Waals surface area contributed by atoms with Gasteiger partial charge >= 0.3 is 5.97 Å². The molecule has 1 aromatic carbocycles. The first kappa shape index (κ1) is 19.1. The summed E-state index contributed by atoms with van der Waals surface area (Å²) in [4.78, 5) is 11.5. The first-order chi connectivity index (χ1) is 11.7. The average molecular weight is 367 g/mol. The predicted molar refractivity (Wildman–Crippen MR) is 106 cm³/mol. The van der Waals surface area contributed by atoms with Gasteiger partial charge in [0.05, 0.1) is 12.7 Å². The second-order valence-corrected chi connectivity index (χ2v) is 7.75. The van der Waals surface area contributed by atoms with Gasteiger partial charge in [-0.2, -0.15) is 11.8 Å². The van der Waals surface area contributed by atoms with Gasteiger partial charge in [0, 0.05) is 17.5 Å². The zero-order valence-electron chi connectivity index (χ0n) is 14.2. The van der Waals surface area contributed by atoms with Crippen LogP contribution in [0.1, 0.15) is 48.9 Å². The van der Waals surface area contributed by atoms with E-state index < -0.39 is 0 Å². The number of nitrogens with one attached hydrogen (secondary N) is 2. The van der Waals surface area contributed by atoms with Crippen LogP contribution < -0.4 is 10.6 Å². The van der Waals surface area contributed by atoms with Gasteiger partial charge < -0.3 is 15.4 Å². The number of thiocarbonyl (C=S) groups is 1. The smallest absolute Gasteiger partial charge is 0.337 e. The van der Waals surface area contributed by atoms with E-state index in [0.29, 0.717) is 10.7 Å². The molecule has 0 saturated heterocycles. The highest BCUT2D eigenvalue weighted by molar-refractivity contribution is 7.99. The molecule has 24 heavy (non-hydrogen) atoms. The standard InChI is InChI=1S/C18H26N2O2S2/c1-22-17(21)14-7-5-8-15(13-14)20-18(23)19-11-6-12-24-16-9-3-2-4-10-16/h5,7-8,13,16H,2-4,6,9-12H2,1H3,(H2,19,20,23). The Labute approximate surface area is 154 Å². The largest absolute Gasteiger partial charge is 0.465 e. The van der Waals surface area contributed by atoms with Crippen molar-refractivity contribution in [2.75, 3.05) is 24.7 Å². The van der Waals surface area contributed by atoms with Crippen LogP contribution >= 0.6 is 24.0 Å². The van der Waals surface area contributed by atoms with Gasteiger partial charge in [-0.05, 0) is 55.4 Å². The number of hydrogen-bond donors (Lipinski definition) is 2. The SMILES string of the molecule is COC(=O)c1cccc(NC(=S)NCCCSC2CCCCC2)c1. The van der Waals surface area contributed by atoms with E-state index in [1.165, 1.54) is 45.0 Å². The molecule has 2 N–H and O–H groups in total. The monoisotopic (exact) mass is 366 g/mol. The van der Waals surface area contributed by atoms with E-state index in [0.717, 1.165) is 23.9 Å². The Bertz CT molecular complexity index is 546. The van der Waals surface area contributed by atoms with E-state index in [2.05, 4.69) is 22.4 Å². The van der Waals surface area contributed by atoms with Crippen molar-refractivity contribution >= 4 is 40.7 Å². The molecule has 1 fully saturated rings. The van der Waals surface area contributed by atoms with Crippen molar-refractivity contribution in [1.29, 1.82) is 0 Å². The Morgan fingerprint density at radius 2 is 2.12 bits per heavy atom. The highest BCUT2D eigenvalue weighted by atomic mass is 32.2. The van der Waals surface area contributed by atoms with Crippen molar-refractivity contribution in [2.45, 2.75) is 43.8 Å².